The number of aromatic carboxylic acids is 1. The van der Waals surface area contributed by atoms with E-state index in [-0.39, 0.29) is 10.6 Å². The third kappa shape index (κ3) is 2.98. The molecule has 0 atom stereocenters. The highest BCUT2D eigenvalue weighted by molar-refractivity contribution is 7.90. The monoisotopic (exact) mass is 293 g/mol. The molecule has 0 spiro atoms. The van der Waals surface area contributed by atoms with Gasteiger partial charge in [-0.05, 0) is 18.5 Å². The third-order valence-electron chi connectivity index (χ3n) is 2.34. The smallest absolute Gasteiger partial charge is 0.340 e. The molecule has 0 saturated carbocycles. The Morgan fingerprint density at radius 3 is 2.44 bits per heavy atom. The molecule has 9 heteroatoms. The van der Waals surface area contributed by atoms with Crippen LogP contribution in [-0.4, -0.2) is 41.3 Å². The van der Waals surface area contributed by atoms with E-state index in [9.17, 15) is 13.2 Å². The lowest BCUT2D eigenvalue weighted by Gasteiger charge is -2.18. The Morgan fingerprint density at radius 2 is 2.00 bits per heavy atom. The van der Waals surface area contributed by atoms with Crippen molar-refractivity contribution in [2.24, 2.45) is 0 Å². The lowest BCUT2D eigenvalue weighted by atomic mass is 10.2. The predicted octanol–water partition coefficient (Wildman–Crippen LogP) is 1.15. The first kappa shape index (κ1) is 14.9. The molecule has 2 N–H and O–H groups in total. The first-order valence-electron chi connectivity index (χ1n) is 5.30. The van der Waals surface area contributed by atoms with Gasteiger partial charge < -0.3 is 5.11 Å². The molecule has 18 heavy (non-hydrogen) atoms. The van der Waals surface area contributed by atoms with Crippen LogP contribution in [0.4, 0.5) is 5.00 Å². The molecule has 0 saturated heterocycles. The second kappa shape index (κ2) is 5.63. The molecule has 1 aromatic heterocycles. The molecule has 0 aliphatic heterocycles. The van der Waals surface area contributed by atoms with E-state index in [4.69, 9.17) is 5.11 Å². The maximum absolute atomic E-state index is 11.9. The Hall–Kier alpha value is -1.19. The largest absolute Gasteiger partial charge is 0.478 e. The fraction of sp³-hybridized carbons (Fsp3) is 0.556. The molecule has 7 nitrogen and oxygen atoms in total. The van der Waals surface area contributed by atoms with Crippen LogP contribution >= 0.6 is 11.5 Å². The van der Waals surface area contributed by atoms with Crippen molar-refractivity contribution in [3.63, 3.8) is 0 Å². The molecule has 0 amide bonds. The summed E-state index contributed by atoms with van der Waals surface area (Å²) in [6, 6.07) is 0. The van der Waals surface area contributed by atoms with Gasteiger partial charge in [0.1, 0.15) is 10.6 Å². The van der Waals surface area contributed by atoms with Crippen molar-refractivity contribution in [3.8, 4) is 0 Å². The van der Waals surface area contributed by atoms with Crippen LogP contribution in [-0.2, 0) is 10.2 Å². The van der Waals surface area contributed by atoms with E-state index in [1.54, 1.807) is 13.8 Å². The van der Waals surface area contributed by atoms with Crippen LogP contribution in [0.15, 0.2) is 0 Å². The Morgan fingerprint density at radius 1 is 1.44 bits per heavy atom. The summed E-state index contributed by atoms with van der Waals surface area (Å²) in [5, 5.41) is 9.04. The second-order valence-corrected chi connectivity index (χ2v) is 5.91. The number of carboxylic acid groups (broad SMARTS) is 1. The number of hydrogen-bond donors (Lipinski definition) is 2. The second-order valence-electron chi connectivity index (χ2n) is 3.47. The van der Waals surface area contributed by atoms with Gasteiger partial charge in [0.15, 0.2) is 0 Å². The number of hydrogen-bond acceptors (Lipinski definition) is 5. The first-order chi connectivity index (χ1) is 8.33. The Balaban J connectivity index is 3.09. The Kier molecular flexibility index (Phi) is 4.65. The van der Waals surface area contributed by atoms with E-state index in [1.165, 1.54) is 11.2 Å². The van der Waals surface area contributed by atoms with Crippen LogP contribution in [0, 0.1) is 6.92 Å². The van der Waals surface area contributed by atoms with E-state index in [0.717, 1.165) is 11.5 Å². The number of rotatable bonds is 6. The van der Waals surface area contributed by atoms with Gasteiger partial charge in [0.2, 0.25) is 0 Å². The lowest BCUT2D eigenvalue weighted by molar-refractivity contribution is 0.0697. The molecule has 0 aromatic carbocycles. The minimum absolute atomic E-state index is 0.0342. The molecule has 1 aromatic rings. The molecule has 0 fully saturated rings. The number of aromatic nitrogens is 1. The Bertz CT molecular complexity index is 534. The van der Waals surface area contributed by atoms with Crippen molar-refractivity contribution < 1.29 is 18.3 Å². The first-order valence-corrected chi connectivity index (χ1v) is 7.52. The summed E-state index contributed by atoms with van der Waals surface area (Å²) < 4.78 is 31.2. The van der Waals surface area contributed by atoms with E-state index < -0.39 is 16.2 Å². The SMILES string of the molecule is CCN(CC)S(=O)(=O)Nc1snc(C)c1C(=O)O. The zero-order chi connectivity index (χ0) is 13.9. The van der Waals surface area contributed by atoms with E-state index in [2.05, 4.69) is 9.10 Å². The summed E-state index contributed by atoms with van der Waals surface area (Å²) in [6.45, 7) is 5.56. The number of nitrogens with one attached hydrogen (secondary N) is 1. The van der Waals surface area contributed by atoms with Gasteiger partial charge in [-0.15, -0.1) is 0 Å². The van der Waals surface area contributed by atoms with Gasteiger partial charge in [0, 0.05) is 13.1 Å². The van der Waals surface area contributed by atoms with Crippen LogP contribution in [0.3, 0.4) is 0 Å². The van der Waals surface area contributed by atoms with Crippen LogP contribution in [0.5, 0.6) is 0 Å². The number of aryl methyl sites for hydroxylation is 1. The average molecular weight is 293 g/mol. The van der Waals surface area contributed by atoms with Crippen LogP contribution in [0.1, 0.15) is 29.9 Å². The van der Waals surface area contributed by atoms with Crippen molar-refractivity contribution >= 4 is 32.7 Å². The maximum atomic E-state index is 11.9. The van der Waals surface area contributed by atoms with E-state index in [0.29, 0.717) is 18.8 Å². The number of carboxylic acids is 1. The number of anilines is 1. The van der Waals surface area contributed by atoms with Crippen molar-refractivity contribution in [1.82, 2.24) is 8.68 Å². The number of carbonyl (C=O) groups is 1. The quantitative estimate of drug-likeness (QED) is 0.819. The van der Waals surface area contributed by atoms with Crippen molar-refractivity contribution in [2.45, 2.75) is 20.8 Å². The lowest BCUT2D eigenvalue weighted by Crippen LogP contribution is -2.35. The average Bonchev–Trinajstić information content (AvgIpc) is 2.60. The zero-order valence-electron chi connectivity index (χ0n) is 10.3. The summed E-state index contributed by atoms with van der Waals surface area (Å²) in [5.41, 5.74) is 0.195. The standard InChI is InChI=1S/C9H15N3O4S2/c1-4-12(5-2)18(15,16)11-8-7(9(13)14)6(3)10-17-8/h11H,4-5H2,1-3H3,(H,13,14). The van der Waals surface area contributed by atoms with Crippen LogP contribution < -0.4 is 4.72 Å². The minimum Gasteiger partial charge on any atom is -0.478 e. The Labute approximate surface area is 110 Å². The van der Waals surface area contributed by atoms with Gasteiger partial charge >= 0.3 is 16.2 Å². The summed E-state index contributed by atoms with van der Waals surface area (Å²) in [4.78, 5) is 11.0. The summed E-state index contributed by atoms with van der Waals surface area (Å²) in [7, 11) is -3.73. The molecule has 1 heterocycles. The molecule has 1 rings (SSSR count). The van der Waals surface area contributed by atoms with Gasteiger partial charge in [-0.2, -0.15) is 17.1 Å². The highest BCUT2D eigenvalue weighted by Gasteiger charge is 2.24. The van der Waals surface area contributed by atoms with Gasteiger partial charge in [0.05, 0.1) is 5.69 Å². The molecule has 0 radical (unpaired) electrons. The molecule has 0 unspecified atom stereocenters. The normalized spacial score (nSPS) is 11.8. The minimum atomic E-state index is -3.73. The topological polar surface area (TPSA) is 99.6 Å². The predicted molar refractivity (Wildman–Crippen MR) is 69.3 cm³/mol. The van der Waals surface area contributed by atoms with Crippen molar-refractivity contribution in [1.29, 1.82) is 0 Å². The van der Waals surface area contributed by atoms with E-state index >= 15 is 0 Å². The van der Waals surface area contributed by atoms with Crippen molar-refractivity contribution in [3.05, 3.63) is 11.3 Å². The van der Waals surface area contributed by atoms with Gasteiger partial charge in [-0.25, -0.2) is 4.79 Å². The fourth-order valence-electron chi connectivity index (χ4n) is 1.44. The maximum Gasteiger partial charge on any atom is 0.340 e. The molecule has 102 valence electrons. The third-order valence-corrected chi connectivity index (χ3v) is 4.99. The highest BCUT2D eigenvalue weighted by atomic mass is 32.2. The zero-order valence-corrected chi connectivity index (χ0v) is 11.9. The highest BCUT2D eigenvalue weighted by Crippen LogP contribution is 2.26. The molecule has 0 aliphatic rings. The number of nitrogens with zero attached hydrogens (tertiary/aromatic N) is 2. The van der Waals surface area contributed by atoms with Gasteiger partial charge in [0.25, 0.3) is 0 Å². The van der Waals surface area contributed by atoms with Crippen molar-refractivity contribution in [2.75, 3.05) is 17.8 Å². The van der Waals surface area contributed by atoms with Crippen LogP contribution in [0.25, 0.3) is 0 Å². The van der Waals surface area contributed by atoms with E-state index in [1.807, 2.05) is 0 Å². The summed E-state index contributed by atoms with van der Waals surface area (Å²) in [6.07, 6.45) is 0. The van der Waals surface area contributed by atoms with Gasteiger partial charge in [-0.3, -0.25) is 4.72 Å². The van der Waals surface area contributed by atoms with Crippen LogP contribution in [0.2, 0.25) is 0 Å². The van der Waals surface area contributed by atoms with Gasteiger partial charge in [-0.1, -0.05) is 13.8 Å². The molecular weight excluding hydrogens is 278 g/mol. The summed E-state index contributed by atoms with van der Waals surface area (Å²) >= 11 is 0.822. The molecule has 0 bridgehead atoms. The molecule has 0 aliphatic carbocycles. The fourth-order valence-corrected chi connectivity index (χ4v) is 3.69. The summed E-state index contributed by atoms with van der Waals surface area (Å²) in [5.74, 6) is -1.20. The molecular formula is C9H15N3O4S2.